The van der Waals surface area contributed by atoms with Crippen molar-refractivity contribution in [2.75, 3.05) is 0 Å². The number of non-ortho nitro benzene ring substituents is 1. The van der Waals surface area contributed by atoms with Crippen LogP contribution in [0.4, 0.5) is 10.1 Å². The fourth-order valence-electron chi connectivity index (χ4n) is 1.30. The second-order valence-electron chi connectivity index (χ2n) is 2.83. The lowest BCUT2D eigenvalue weighted by atomic mass is 10.2. The van der Waals surface area contributed by atoms with E-state index in [0.29, 0.717) is 6.29 Å². The van der Waals surface area contributed by atoms with Gasteiger partial charge in [0.05, 0.1) is 16.4 Å². The molecule has 0 aliphatic rings. The third-order valence-electron chi connectivity index (χ3n) is 1.95. The average Bonchev–Trinajstić information content (AvgIpc) is 2.60. The zero-order valence-electron chi connectivity index (χ0n) is 7.23. The largest absolute Gasteiger partial charge is 0.296 e. The van der Waals surface area contributed by atoms with Gasteiger partial charge in [-0.25, -0.2) is 4.39 Å². The number of nitro groups is 1. The van der Waals surface area contributed by atoms with Gasteiger partial charge in [-0.3, -0.25) is 20.0 Å². The molecule has 1 N–H and O–H groups in total. The molecule has 7 heteroatoms. The summed E-state index contributed by atoms with van der Waals surface area (Å²) in [6.45, 7) is 0. The Balaban J connectivity index is 2.80. The Bertz CT molecular complexity index is 564. The highest BCUT2D eigenvalue weighted by atomic mass is 19.1. The molecule has 0 spiro atoms. The van der Waals surface area contributed by atoms with E-state index in [9.17, 15) is 19.3 Å². The molecule has 15 heavy (non-hydrogen) atoms. The fourth-order valence-corrected chi connectivity index (χ4v) is 1.30. The van der Waals surface area contributed by atoms with Crippen LogP contribution < -0.4 is 0 Å². The normalized spacial score (nSPS) is 10.5. The predicted octanol–water partition coefficient (Wildman–Crippen LogP) is 1.42. The smallest absolute Gasteiger partial charge is 0.274 e. The lowest BCUT2D eigenvalue weighted by Gasteiger charge is -1.93. The Labute approximate surface area is 81.9 Å². The highest BCUT2D eigenvalue weighted by Crippen LogP contribution is 2.24. The van der Waals surface area contributed by atoms with Gasteiger partial charge < -0.3 is 0 Å². The number of carbonyl (C=O) groups is 1. The number of aldehydes is 1. The van der Waals surface area contributed by atoms with Gasteiger partial charge in [0.1, 0.15) is 17.0 Å². The van der Waals surface area contributed by atoms with Crippen molar-refractivity contribution in [3.8, 4) is 0 Å². The van der Waals surface area contributed by atoms with Crippen LogP contribution in [0.15, 0.2) is 12.1 Å². The molecule has 2 rings (SSSR count). The van der Waals surface area contributed by atoms with Gasteiger partial charge in [-0.05, 0) is 0 Å². The number of nitrogens with one attached hydrogen (secondary N) is 1. The first-order valence-corrected chi connectivity index (χ1v) is 3.90. The minimum atomic E-state index is -0.838. The van der Waals surface area contributed by atoms with Gasteiger partial charge in [0.25, 0.3) is 5.69 Å². The van der Waals surface area contributed by atoms with E-state index in [1.54, 1.807) is 0 Å². The minimum absolute atomic E-state index is 0.0302. The van der Waals surface area contributed by atoms with Crippen LogP contribution in [0.3, 0.4) is 0 Å². The van der Waals surface area contributed by atoms with Gasteiger partial charge in [0, 0.05) is 6.07 Å². The SMILES string of the molecule is O=Cc1[nH]nc2cc([N+](=O)[O-])cc(F)c12. The van der Waals surface area contributed by atoms with Crippen molar-refractivity contribution in [2.24, 2.45) is 0 Å². The Morgan fingerprint density at radius 3 is 2.87 bits per heavy atom. The molecule has 1 aromatic heterocycles. The maximum atomic E-state index is 13.4. The summed E-state index contributed by atoms with van der Waals surface area (Å²) in [4.78, 5) is 20.2. The zero-order chi connectivity index (χ0) is 11.0. The summed E-state index contributed by atoms with van der Waals surface area (Å²) in [5.41, 5.74) is -0.370. The van der Waals surface area contributed by atoms with Gasteiger partial charge in [0.2, 0.25) is 0 Å². The predicted molar refractivity (Wildman–Crippen MR) is 48.1 cm³/mol. The Morgan fingerprint density at radius 1 is 1.53 bits per heavy atom. The quantitative estimate of drug-likeness (QED) is 0.460. The van der Waals surface area contributed by atoms with Crippen LogP contribution in [-0.4, -0.2) is 21.4 Å². The molecule has 0 fully saturated rings. The van der Waals surface area contributed by atoms with Gasteiger partial charge in [-0.2, -0.15) is 5.10 Å². The number of nitro benzene ring substituents is 1. The van der Waals surface area contributed by atoms with Crippen LogP contribution in [0.25, 0.3) is 10.9 Å². The van der Waals surface area contributed by atoms with Crippen LogP contribution in [0, 0.1) is 15.9 Å². The second-order valence-corrected chi connectivity index (χ2v) is 2.83. The molecule has 0 amide bonds. The van der Waals surface area contributed by atoms with E-state index in [2.05, 4.69) is 10.2 Å². The van der Waals surface area contributed by atoms with Gasteiger partial charge in [-0.1, -0.05) is 0 Å². The molecule has 76 valence electrons. The van der Waals surface area contributed by atoms with E-state index < -0.39 is 16.4 Å². The molecule has 0 aliphatic carbocycles. The van der Waals surface area contributed by atoms with Crippen molar-refractivity contribution < 1.29 is 14.1 Å². The number of halogens is 1. The number of H-pyrrole nitrogens is 1. The summed E-state index contributed by atoms with van der Waals surface area (Å²) >= 11 is 0. The number of aromatic nitrogens is 2. The first kappa shape index (κ1) is 9.25. The van der Waals surface area contributed by atoms with Gasteiger partial charge in [0.15, 0.2) is 6.29 Å². The highest BCUT2D eigenvalue weighted by molar-refractivity contribution is 5.96. The number of hydrogen-bond acceptors (Lipinski definition) is 4. The molecule has 6 nitrogen and oxygen atoms in total. The van der Waals surface area contributed by atoms with Crippen molar-refractivity contribution >= 4 is 22.9 Å². The van der Waals surface area contributed by atoms with Crippen LogP contribution in [0.2, 0.25) is 0 Å². The first-order chi connectivity index (χ1) is 7.13. The Hall–Kier alpha value is -2.31. The monoisotopic (exact) mass is 209 g/mol. The van der Waals surface area contributed by atoms with Crippen LogP contribution in [0.1, 0.15) is 10.5 Å². The third-order valence-corrected chi connectivity index (χ3v) is 1.95. The van der Waals surface area contributed by atoms with E-state index >= 15 is 0 Å². The van der Waals surface area contributed by atoms with Crippen LogP contribution >= 0.6 is 0 Å². The van der Waals surface area contributed by atoms with E-state index in [0.717, 1.165) is 12.1 Å². The average molecular weight is 209 g/mol. The minimum Gasteiger partial charge on any atom is -0.296 e. The van der Waals surface area contributed by atoms with Crippen molar-refractivity contribution in [3.63, 3.8) is 0 Å². The summed E-state index contributed by atoms with van der Waals surface area (Å²) in [5.74, 6) is -0.838. The summed E-state index contributed by atoms with van der Waals surface area (Å²) < 4.78 is 13.4. The molecule has 0 unspecified atom stereocenters. The third kappa shape index (κ3) is 1.33. The first-order valence-electron chi connectivity index (χ1n) is 3.90. The standard InChI is InChI=1S/C8H4FN3O3/c9-5-1-4(12(14)15)2-6-8(5)7(3-13)11-10-6/h1-3H,(H,10,11). The number of aromatic amines is 1. The number of nitrogens with zero attached hydrogens (tertiary/aromatic N) is 2. The molecular weight excluding hydrogens is 205 g/mol. The second kappa shape index (κ2) is 3.12. The van der Waals surface area contributed by atoms with Gasteiger partial charge in [-0.15, -0.1) is 0 Å². The fraction of sp³-hybridized carbons (Fsp3) is 0. The summed E-state index contributed by atoms with van der Waals surface area (Å²) in [6.07, 6.45) is 0.407. The van der Waals surface area contributed by atoms with E-state index in [4.69, 9.17) is 0 Å². The summed E-state index contributed by atoms with van der Waals surface area (Å²) in [7, 11) is 0. The van der Waals surface area contributed by atoms with Gasteiger partial charge >= 0.3 is 0 Å². The molecule has 0 radical (unpaired) electrons. The number of rotatable bonds is 2. The number of fused-ring (bicyclic) bond motifs is 1. The molecule has 0 aliphatic heterocycles. The Kier molecular flexibility index (Phi) is 1.93. The van der Waals surface area contributed by atoms with Crippen molar-refractivity contribution in [2.45, 2.75) is 0 Å². The molecule has 0 saturated heterocycles. The molecule has 0 atom stereocenters. The molecule has 2 aromatic rings. The maximum Gasteiger partial charge on any atom is 0.274 e. The number of hydrogen-bond donors (Lipinski definition) is 1. The van der Waals surface area contributed by atoms with E-state index in [1.807, 2.05) is 0 Å². The summed E-state index contributed by atoms with van der Waals surface area (Å²) in [6, 6.07) is 1.85. The molecule has 0 saturated carbocycles. The van der Waals surface area contributed by atoms with Crippen molar-refractivity contribution in [1.82, 2.24) is 10.2 Å². The lowest BCUT2D eigenvalue weighted by molar-refractivity contribution is -0.384. The highest BCUT2D eigenvalue weighted by Gasteiger charge is 2.16. The zero-order valence-corrected chi connectivity index (χ0v) is 7.23. The van der Waals surface area contributed by atoms with Crippen molar-refractivity contribution in [1.29, 1.82) is 0 Å². The van der Waals surface area contributed by atoms with Crippen molar-refractivity contribution in [3.05, 3.63) is 33.8 Å². The summed E-state index contributed by atoms with van der Waals surface area (Å²) in [5, 5.41) is 16.3. The topological polar surface area (TPSA) is 88.9 Å². The van der Waals surface area contributed by atoms with E-state index in [1.165, 1.54) is 0 Å². The van der Waals surface area contributed by atoms with Crippen LogP contribution in [0.5, 0.6) is 0 Å². The molecule has 0 bridgehead atoms. The van der Waals surface area contributed by atoms with E-state index in [-0.39, 0.29) is 16.6 Å². The molecule has 1 heterocycles. The molecular formula is C8H4FN3O3. The number of carbonyl (C=O) groups excluding carboxylic acids is 1. The van der Waals surface area contributed by atoms with Crippen LogP contribution in [-0.2, 0) is 0 Å². The maximum absolute atomic E-state index is 13.4. The Morgan fingerprint density at radius 2 is 2.27 bits per heavy atom. The lowest BCUT2D eigenvalue weighted by Crippen LogP contribution is -1.90. The molecule has 1 aromatic carbocycles. The number of benzene rings is 1.